The Balaban J connectivity index is 1.89. The van der Waals surface area contributed by atoms with E-state index in [0.717, 1.165) is 12.5 Å². The zero-order valence-electron chi connectivity index (χ0n) is 8.94. The molecule has 1 aromatic rings. The molecule has 1 aromatic heterocycles. The smallest absolute Gasteiger partial charge is 0.374 e. The second-order valence-electron chi connectivity index (χ2n) is 4.38. The van der Waals surface area contributed by atoms with Gasteiger partial charge in [0.15, 0.2) is 0 Å². The molecular formula is C11H11F3N2O. The van der Waals surface area contributed by atoms with Gasteiger partial charge in [0.1, 0.15) is 11.5 Å². The van der Waals surface area contributed by atoms with Gasteiger partial charge in [-0.15, -0.1) is 0 Å². The van der Waals surface area contributed by atoms with E-state index in [1.165, 1.54) is 6.07 Å². The quantitative estimate of drug-likeness (QED) is 0.756. The number of hydrogen-bond donors (Lipinski definition) is 0. The summed E-state index contributed by atoms with van der Waals surface area (Å²) in [6.07, 6.45) is -3.35. The van der Waals surface area contributed by atoms with Crippen molar-refractivity contribution in [3.8, 4) is 0 Å². The van der Waals surface area contributed by atoms with Crippen LogP contribution in [0.25, 0.3) is 0 Å². The molecule has 0 amide bonds. The van der Waals surface area contributed by atoms with Crippen molar-refractivity contribution in [3.63, 3.8) is 0 Å². The topological polar surface area (TPSA) is 25.4 Å². The van der Waals surface area contributed by atoms with Gasteiger partial charge in [-0.05, 0) is 18.6 Å². The Bertz CT molecular complexity index is 435. The summed E-state index contributed by atoms with van der Waals surface area (Å²) in [5, 5.41) is 0. The number of nitrogens with zero attached hydrogens (tertiary/aromatic N) is 2. The molecule has 2 bridgehead atoms. The Morgan fingerprint density at radius 1 is 1.35 bits per heavy atom. The van der Waals surface area contributed by atoms with Gasteiger partial charge in [-0.3, -0.25) is 0 Å². The summed E-state index contributed by atoms with van der Waals surface area (Å²) < 4.78 is 43.0. The van der Waals surface area contributed by atoms with Gasteiger partial charge >= 0.3 is 6.18 Å². The van der Waals surface area contributed by atoms with E-state index in [0.29, 0.717) is 19.0 Å². The maximum Gasteiger partial charge on any atom is 0.433 e. The van der Waals surface area contributed by atoms with E-state index in [2.05, 4.69) is 4.98 Å². The molecule has 6 heteroatoms. The van der Waals surface area contributed by atoms with E-state index < -0.39 is 11.9 Å². The Morgan fingerprint density at radius 3 is 2.76 bits per heavy atom. The highest BCUT2D eigenvalue weighted by atomic mass is 19.4. The van der Waals surface area contributed by atoms with Crippen LogP contribution in [0.1, 0.15) is 12.1 Å². The molecular weight excluding hydrogens is 233 g/mol. The van der Waals surface area contributed by atoms with Gasteiger partial charge in [0.2, 0.25) is 0 Å². The van der Waals surface area contributed by atoms with Gasteiger partial charge in [-0.25, -0.2) is 4.98 Å². The van der Waals surface area contributed by atoms with E-state index in [-0.39, 0.29) is 12.1 Å². The van der Waals surface area contributed by atoms with Crippen LogP contribution in [-0.2, 0) is 10.9 Å². The van der Waals surface area contributed by atoms with Gasteiger partial charge < -0.3 is 9.64 Å². The number of aromatic nitrogens is 1. The molecule has 0 saturated carbocycles. The van der Waals surface area contributed by atoms with Crippen molar-refractivity contribution in [1.29, 1.82) is 0 Å². The predicted octanol–water partition coefficient (Wildman–Crippen LogP) is 2.08. The van der Waals surface area contributed by atoms with Crippen molar-refractivity contribution in [2.45, 2.75) is 24.7 Å². The zero-order valence-corrected chi connectivity index (χ0v) is 8.94. The van der Waals surface area contributed by atoms with Crippen LogP contribution in [0.2, 0.25) is 0 Å². The number of rotatable bonds is 1. The molecule has 0 radical (unpaired) electrons. The lowest BCUT2D eigenvalue weighted by atomic mass is 10.2. The number of pyridine rings is 1. The van der Waals surface area contributed by atoms with Crippen LogP contribution >= 0.6 is 0 Å². The van der Waals surface area contributed by atoms with Gasteiger partial charge in [-0.1, -0.05) is 6.07 Å². The second kappa shape index (κ2) is 3.60. The fourth-order valence-electron chi connectivity index (χ4n) is 2.42. The fourth-order valence-corrected chi connectivity index (χ4v) is 2.42. The molecule has 0 spiro atoms. The predicted molar refractivity (Wildman–Crippen MR) is 54.7 cm³/mol. The summed E-state index contributed by atoms with van der Waals surface area (Å²) in [5.74, 6) is 0.399. The molecule has 0 aromatic carbocycles. The first-order valence-electron chi connectivity index (χ1n) is 5.46. The van der Waals surface area contributed by atoms with Crippen LogP contribution in [0, 0.1) is 0 Å². The van der Waals surface area contributed by atoms with E-state index >= 15 is 0 Å². The van der Waals surface area contributed by atoms with E-state index in [9.17, 15) is 13.2 Å². The number of halogens is 3. The van der Waals surface area contributed by atoms with Crippen molar-refractivity contribution < 1.29 is 17.9 Å². The van der Waals surface area contributed by atoms with Crippen LogP contribution in [0.4, 0.5) is 19.0 Å². The molecule has 2 unspecified atom stereocenters. The van der Waals surface area contributed by atoms with Crippen molar-refractivity contribution in [1.82, 2.24) is 4.98 Å². The van der Waals surface area contributed by atoms with Crippen LogP contribution in [0.15, 0.2) is 18.2 Å². The number of morpholine rings is 1. The number of fused-ring (bicyclic) bond motifs is 2. The normalized spacial score (nSPS) is 27.8. The van der Waals surface area contributed by atoms with E-state index in [1.807, 2.05) is 4.90 Å². The third-order valence-electron chi connectivity index (χ3n) is 3.22. The first-order valence-corrected chi connectivity index (χ1v) is 5.46. The Hall–Kier alpha value is -1.30. The highest BCUT2D eigenvalue weighted by molar-refractivity contribution is 5.43. The fraction of sp³-hybridized carbons (Fsp3) is 0.545. The third kappa shape index (κ3) is 1.86. The van der Waals surface area contributed by atoms with Gasteiger partial charge in [0, 0.05) is 6.54 Å². The SMILES string of the molecule is FC(F)(F)c1cccc(N2CC3CC2CO3)n1. The third-order valence-corrected chi connectivity index (χ3v) is 3.22. The van der Waals surface area contributed by atoms with Gasteiger partial charge in [-0.2, -0.15) is 13.2 Å². The van der Waals surface area contributed by atoms with Gasteiger partial charge in [0.05, 0.1) is 18.8 Å². The summed E-state index contributed by atoms with van der Waals surface area (Å²) in [4.78, 5) is 5.60. The van der Waals surface area contributed by atoms with Crippen LogP contribution in [0.3, 0.4) is 0 Å². The van der Waals surface area contributed by atoms with Crippen molar-refractivity contribution >= 4 is 5.82 Å². The zero-order chi connectivity index (χ0) is 12.0. The van der Waals surface area contributed by atoms with Crippen LogP contribution in [0.5, 0.6) is 0 Å². The maximum absolute atomic E-state index is 12.5. The molecule has 2 saturated heterocycles. The van der Waals surface area contributed by atoms with Crippen molar-refractivity contribution in [2.24, 2.45) is 0 Å². The molecule has 3 rings (SSSR count). The minimum absolute atomic E-state index is 0.149. The Labute approximate surface area is 96.2 Å². The van der Waals surface area contributed by atoms with E-state index in [4.69, 9.17) is 4.74 Å². The maximum atomic E-state index is 12.5. The summed E-state index contributed by atoms with van der Waals surface area (Å²) in [7, 11) is 0. The molecule has 3 nitrogen and oxygen atoms in total. The van der Waals surface area contributed by atoms with E-state index in [1.54, 1.807) is 6.07 Å². The van der Waals surface area contributed by atoms with Gasteiger partial charge in [0.25, 0.3) is 0 Å². The molecule has 2 aliphatic rings. The summed E-state index contributed by atoms with van der Waals surface area (Å²) in [6, 6.07) is 4.19. The van der Waals surface area contributed by atoms with Crippen molar-refractivity contribution in [2.75, 3.05) is 18.1 Å². The molecule has 2 aliphatic heterocycles. The minimum Gasteiger partial charge on any atom is -0.374 e. The summed E-state index contributed by atoms with van der Waals surface area (Å²) in [6.45, 7) is 1.22. The lowest BCUT2D eigenvalue weighted by Gasteiger charge is -2.28. The highest BCUT2D eigenvalue weighted by Crippen LogP contribution is 2.33. The number of ether oxygens (including phenoxy) is 1. The molecule has 0 aliphatic carbocycles. The number of anilines is 1. The number of hydrogen-bond acceptors (Lipinski definition) is 3. The largest absolute Gasteiger partial charge is 0.433 e. The lowest BCUT2D eigenvalue weighted by Crippen LogP contribution is -2.37. The standard InChI is InChI=1S/C11H11F3N2O/c12-11(13,14)9-2-1-3-10(15-9)16-5-8-4-7(16)6-17-8/h1-3,7-8H,4-6H2. The molecule has 3 heterocycles. The van der Waals surface area contributed by atoms with Crippen LogP contribution < -0.4 is 4.90 Å². The summed E-state index contributed by atoms with van der Waals surface area (Å²) >= 11 is 0. The van der Waals surface area contributed by atoms with Crippen molar-refractivity contribution in [3.05, 3.63) is 23.9 Å². The first kappa shape index (κ1) is 10.8. The molecule has 2 atom stereocenters. The monoisotopic (exact) mass is 244 g/mol. The second-order valence-corrected chi connectivity index (χ2v) is 4.38. The highest BCUT2D eigenvalue weighted by Gasteiger charge is 2.40. The average Bonchev–Trinajstić information content (AvgIpc) is 2.89. The minimum atomic E-state index is -4.38. The summed E-state index contributed by atoms with van der Waals surface area (Å²) in [5.41, 5.74) is -0.835. The first-order chi connectivity index (χ1) is 8.04. The molecule has 92 valence electrons. The number of alkyl halides is 3. The lowest BCUT2D eigenvalue weighted by molar-refractivity contribution is -0.141. The Kier molecular flexibility index (Phi) is 2.29. The Morgan fingerprint density at radius 2 is 2.18 bits per heavy atom. The molecule has 2 fully saturated rings. The molecule has 0 N–H and O–H groups in total. The molecule has 17 heavy (non-hydrogen) atoms. The van der Waals surface area contributed by atoms with Crippen LogP contribution in [-0.4, -0.2) is 30.3 Å². The average molecular weight is 244 g/mol.